The molecule has 1 atom stereocenters. The molecule has 0 aliphatic heterocycles. The summed E-state index contributed by atoms with van der Waals surface area (Å²) in [5.74, 6) is 0.675. The van der Waals surface area contributed by atoms with E-state index in [-0.39, 0.29) is 10.9 Å². The highest BCUT2D eigenvalue weighted by molar-refractivity contribution is 7.89. The Labute approximate surface area is 138 Å². The summed E-state index contributed by atoms with van der Waals surface area (Å²) in [6, 6.07) is 12.5. The molecule has 0 unspecified atom stereocenters. The van der Waals surface area contributed by atoms with E-state index < -0.39 is 10.0 Å². The Morgan fingerprint density at radius 2 is 1.74 bits per heavy atom. The molecule has 2 aromatic carbocycles. The van der Waals surface area contributed by atoms with Crippen LogP contribution in [-0.2, 0) is 10.0 Å². The lowest BCUT2D eigenvalue weighted by Gasteiger charge is -2.18. The Bertz CT molecular complexity index is 767. The molecule has 0 spiro atoms. The molecule has 5 heteroatoms. The maximum absolute atomic E-state index is 12.6. The lowest BCUT2D eigenvalue weighted by atomic mass is 10.0. The van der Waals surface area contributed by atoms with Gasteiger partial charge in [-0.15, -0.1) is 0 Å². The molecule has 0 saturated heterocycles. The molecule has 0 aliphatic carbocycles. The summed E-state index contributed by atoms with van der Waals surface area (Å²) in [4.78, 5) is 0.251. The van der Waals surface area contributed by atoms with Crippen molar-refractivity contribution in [2.45, 2.75) is 38.1 Å². The second-order valence-corrected chi connectivity index (χ2v) is 7.34. The predicted octanol–water partition coefficient (Wildman–Crippen LogP) is 3.74. The first-order valence-electron chi connectivity index (χ1n) is 7.61. The van der Waals surface area contributed by atoms with Crippen LogP contribution in [0.2, 0.25) is 0 Å². The van der Waals surface area contributed by atoms with Gasteiger partial charge in [0.05, 0.1) is 12.0 Å². The molecule has 0 saturated carbocycles. The third kappa shape index (κ3) is 4.12. The van der Waals surface area contributed by atoms with Crippen LogP contribution < -0.4 is 9.46 Å². The summed E-state index contributed by atoms with van der Waals surface area (Å²) >= 11 is 0. The second-order valence-electron chi connectivity index (χ2n) is 5.62. The number of methoxy groups -OCH3 is 1. The summed E-state index contributed by atoms with van der Waals surface area (Å²) in [5.41, 5.74) is 2.91. The van der Waals surface area contributed by atoms with Gasteiger partial charge in [-0.2, -0.15) is 0 Å². The molecule has 0 aromatic heterocycles. The first-order valence-corrected chi connectivity index (χ1v) is 9.09. The van der Waals surface area contributed by atoms with Crippen molar-refractivity contribution in [3.05, 3.63) is 59.2 Å². The van der Waals surface area contributed by atoms with Gasteiger partial charge in [0, 0.05) is 6.04 Å². The number of ether oxygens (including phenoxy) is 1. The van der Waals surface area contributed by atoms with Crippen molar-refractivity contribution < 1.29 is 13.2 Å². The number of hydrogen-bond acceptors (Lipinski definition) is 3. The van der Waals surface area contributed by atoms with Crippen LogP contribution in [0.15, 0.2) is 47.4 Å². The smallest absolute Gasteiger partial charge is 0.241 e. The van der Waals surface area contributed by atoms with E-state index in [0.29, 0.717) is 12.2 Å². The van der Waals surface area contributed by atoms with E-state index in [0.717, 1.165) is 16.7 Å². The highest BCUT2D eigenvalue weighted by atomic mass is 32.2. The van der Waals surface area contributed by atoms with Crippen LogP contribution in [0.4, 0.5) is 0 Å². The molecule has 0 heterocycles. The van der Waals surface area contributed by atoms with Gasteiger partial charge in [0.25, 0.3) is 0 Å². The molecule has 2 rings (SSSR count). The Kier molecular flexibility index (Phi) is 5.44. The fourth-order valence-electron chi connectivity index (χ4n) is 2.46. The second kappa shape index (κ2) is 7.15. The van der Waals surface area contributed by atoms with Crippen molar-refractivity contribution >= 4 is 10.0 Å². The van der Waals surface area contributed by atoms with Crippen molar-refractivity contribution in [1.29, 1.82) is 0 Å². The maximum Gasteiger partial charge on any atom is 0.241 e. The Balaban J connectivity index is 2.28. The van der Waals surface area contributed by atoms with Crippen molar-refractivity contribution in [3.8, 4) is 5.75 Å². The Morgan fingerprint density at radius 3 is 2.26 bits per heavy atom. The molecule has 0 bridgehead atoms. The van der Waals surface area contributed by atoms with E-state index in [1.165, 1.54) is 0 Å². The Hall–Kier alpha value is -1.85. The third-order valence-corrected chi connectivity index (χ3v) is 5.33. The lowest BCUT2D eigenvalue weighted by Crippen LogP contribution is -2.28. The standard InChI is InChI=1S/C18H23NO3S/c1-5-17(15-8-6-13(2)7-9-15)19-23(20,21)16-10-11-18(22-4)14(3)12-16/h6-12,17,19H,5H2,1-4H3/t17-/m0/s1. The summed E-state index contributed by atoms with van der Waals surface area (Å²) in [5, 5.41) is 0. The minimum Gasteiger partial charge on any atom is -0.496 e. The van der Waals surface area contributed by atoms with Crippen molar-refractivity contribution in [2.24, 2.45) is 0 Å². The van der Waals surface area contributed by atoms with Crippen LogP contribution in [0.5, 0.6) is 5.75 Å². The number of aryl methyl sites for hydroxylation is 2. The average molecular weight is 333 g/mol. The van der Waals surface area contributed by atoms with E-state index in [1.54, 1.807) is 25.3 Å². The zero-order valence-electron chi connectivity index (χ0n) is 14.0. The van der Waals surface area contributed by atoms with E-state index in [4.69, 9.17) is 4.74 Å². The third-order valence-electron chi connectivity index (χ3n) is 3.86. The van der Waals surface area contributed by atoms with Gasteiger partial charge in [-0.3, -0.25) is 0 Å². The largest absolute Gasteiger partial charge is 0.496 e. The van der Waals surface area contributed by atoms with Gasteiger partial charge in [-0.05, 0) is 49.6 Å². The van der Waals surface area contributed by atoms with Gasteiger partial charge in [0.1, 0.15) is 5.75 Å². The maximum atomic E-state index is 12.6. The quantitative estimate of drug-likeness (QED) is 0.876. The van der Waals surface area contributed by atoms with Gasteiger partial charge in [-0.1, -0.05) is 36.8 Å². The number of sulfonamides is 1. The van der Waals surface area contributed by atoms with Crippen molar-refractivity contribution in [3.63, 3.8) is 0 Å². The van der Waals surface area contributed by atoms with Crippen LogP contribution in [-0.4, -0.2) is 15.5 Å². The molecule has 1 N–H and O–H groups in total. The molecule has 0 fully saturated rings. The molecule has 0 radical (unpaired) electrons. The van der Waals surface area contributed by atoms with Gasteiger partial charge >= 0.3 is 0 Å². The van der Waals surface area contributed by atoms with Crippen molar-refractivity contribution in [2.75, 3.05) is 7.11 Å². The van der Waals surface area contributed by atoms with Crippen LogP contribution in [0, 0.1) is 13.8 Å². The molecule has 4 nitrogen and oxygen atoms in total. The molecule has 0 amide bonds. The fourth-order valence-corrected chi connectivity index (χ4v) is 3.85. The van der Waals surface area contributed by atoms with Crippen molar-refractivity contribution in [1.82, 2.24) is 4.72 Å². The van der Waals surface area contributed by atoms with Crippen LogP contribution >= 0.6 is 0 Å². The van der Waals surface area contributed by atoms with Gasteiger partial charge in [-0.25, -0.2) is 13.1 Å². The normalized spacial score (nSPS) is 12.9. The van der Waals surface area contributed by atoms with Gasteiger partial charge in [0.2, 0.25) is 10.0 Å². The highest BCUT2D eigenvalue weighted by Crippen LogP contribution is 2.24. The van der Waals surface area contributed by atoms with E-state index in [9.17, 15) is 8.42 Å². The minimum absolute atomic E-state index is 0.247. The predicted molar refractivity (Wildman–Crippen MR) is 92.3 cm³/mol. The summed E-state index contributed by atoms with van der Waals surface area (Å²) in [6.07, 6.45) is 0.678. The fraction of sp³-hybridized carbons (Fsp3) is 0.333. The molecule has 124 valence electrons. The molecule has 2 aromatic rings. The van der Waals surface area contributed by atoms with Crippen LogP contribution in [0.25, 0.3) is 0 Å². The number of hydrogen-bond donors (Lipinski definition) is 1. The number of rotatable bonds is 6. The van der Waals surface area contributed by atoms with Crippen LogP contribution in [0.1, 0.15) is 36.1 Å². The average Bonchev–Trinajstić information content (AvgIpc) is 2.53. The SMILES string of the molecule is CC[C@H](NS(=O)(=O)c1ccc(OC)c(C)c1)c1ccc(C)cc1. The molecule has 23 heavy (non-hydrogen) atoms. The Morgan fingerprint density at radius 1 is 1.09 bits per heavy atom. The molecular formula is C18H23NO3S. The highest BCUT2D eigenvalue weighted by Gasteiger charge is 2.21. The van der Waals surface area contributed by atoms with E-state index >= 15 is 0 Å². The van der Waals surface area contributed by atoms with E-state index in [2.05, 4.69) is 4.72 Å². The lowest BCUT2D eigenvalue weighted by molar-refractivity contribution is 0.411. The van der Waals surface area contributed by atoms with Crippen LogP contribution in [0.3, 0.4) is 0 Å². The first-order chi connectivity index (χ1) is 10.9. The first kappa shape index (κ1) is 17.5. The molecule has 0 aliphatic rings. The topological polar surface area (TPSA) is 55.4 Å². The van der Waals surface area contributed by atoms with Gasteiger partial charge < -0.3 is 4.74 Å². The van der Waals surface area contributed by atoms with E-state index in [1.807, 2.05) is 45.0 Å². The zero-order valence-corrected chi connectivity index (χ0v) is 14.8. The van der Waals surface area contributed by atoms with Gasteiger partial charge in [0.15, 0.2) is 0 Å². The zero-order chi connectivity index (χ0) is 17.0. The monoisotopic (exact) mass is 333 g/mol. The number of nitrogens with one attached hydrogen (secondary N) is 1. The number of benzene rings is 2. The summed E-state index contributed by atoms with van der Waals surface area (Å²) in [7, 11) is -2.01. The molecular weight excluding hydrogens is 310 g/mol. The summed E-state index contributed by atoms with van der Waals surface area (Å²) in [6.45, 7) is 5.80. The summed E-state index contributed by atoms with van der Waals surface area (Å²) < 4.78 is 33.3. The minimum atomic E-state index is -3.58.